The Bertz CT molecular complexity index is 846. The first-order chi connectivity index (χ1) is 12.8. The molecule has 2 aromatic carbocycles. The molecular weight excluding hydrogens is 340 g/mol. The summed E-state index contributed by atoms with van der Waals surface area (Å²) in [6.07, 6.45) is 0.262. The van der Waals surface area contributed by atoms with Crippen molar-refractivity contribution in [1.82, 2.24) is 4.90 Å². The number of hydrogen-bond donors (Lipinski definition) is 0. The van der Waals surface area contributed by atoms with Crippen molar-refractivity contribution in [2.24, 2.45) is 0 Å². The van der Waals surface area contributed by atoms with Crippen LogP contribution >= 0.6 is 0 Å². The van der Waals surface area contributed by atoms with E-state index in [4.69, 9.17) is 4.74 Å². The normalized spacial score (nSPS) is 15.1. The van der Waals surface area contributed by atoms with E-state index in [1.165, 1.54) is 0 Å². The number of hydrogen-bond acceptors (Lipinski definition) is 3. The maximum atomic E-state index is 12.9. The van der Waals surface area contributed by atoms with Gasteiger partial charge in [-0.3, -0.25) is 9.59 Å². The van der Waals surface area contributed by atoms with Gasteiger partial charge in [0.2, 0.25) is 5.91 Å². The summed E-state index contributed by atoms with van der Waals surface area (Å²) in [4.78, 5) is 28.8. The van der Waals surface area contributed by atoms with Gasteiger partial charge >= 0.3 is 0 Å². The highest BCUT2D eigenvalue weighted by Gasteiger charge is 2.40. The molecule has 0 atom stereocenters. The van der Waals surface area contributed by atoms with Gasteiger partial charge in [0.25, 0.3) is 5.91 Å². The van der Waals surface area contributed by atoms with E-state index in [9.17, 15) is 9.59 Å². The van der Waals surface area contributed by atoms with Crippen LogP contribution in [0.1, 0.15) is 31.4 Å². The maximum absolute atomic E-state index is 12.9. The van der Waals surface area contributed by atoms with Crippen LogP contribution in [0.4, 0.5) is 5.69 Å². The van der Waals surface area contributed by atoms with E-state index in [1.807, 2.05) is 55.5 Å². The van der Waals surface area contributed by atoms with Gasteiger partial charge in [0.15, 0.2) is 5.60 Å². The maximum Gasteiger partial charge on any atom is 0.270 e. The Labute approximate surface area is 160 Å². The van der Waals surface area contributed by atoms with Crippen molar-refractivity contribution in [2.75, 3.05) is 18.5 Å². The van der Waals surface area contributed by atoms with Crippen molar-refractivity contribution in [2.45, 2.75) is 39.3 Å². The quantitative estimate of drug-likeness (QED) is 0.813. The number of rotatable bonds is 5. The average Bonchev–Trinajstić information content (AvgIpc) is 2.63. The van der Waals surface area contributed by atoms with E-state index in [0.717, 1.165) is 16.8 Å². The summed E-state index contributed by atoms with van der Waals surface area (Å²) in [5.74, 6) is 0.555. The number of nitrogens with zero attached hydrogens (tertiary/aromatic N) is 2. The van der Waals surface area contributed by atoms with Gasteiger partial charge in [-0.25, -0.2) is 0 Å². The molecule has 1 aliphatic rings. The highest BCUT2D eigenvalue weighted by Crippen LogP contribution is 2.38. The zero-order valence-electron chi connectivity index (χ0n) is 16.4. The summed E-state index contributed by atoms with van der Waals surface area (Å²) in [6, 6.07) is 15.6. The van der Waals surface area contributed by atoms with E-state index in [2.05, 4.69) is 0 Å². The number of fused-ring (bicyclic) bond motifs is 1. The third-order valence-electron chi connectivity index (χ3n) is 4.77. The molecule has 0 unspecified atom stereocenters. The summed E-state index contributed by atoms with van der Waals surface area (Å²) < 4.78 is 5.86. The fourth-order valence-corrected chi connectivity index (χ4v) is 3.24. The van der Waals surface area contributed by atoms with Crippen LogP contribution in [0.25, 0.3) is 0 Å². The topological polar surface area (TPSA) is 49.9 Å². The Balaban J connectivity index is 1.71. The first-order valence-corrected chi connectivity index (χ1v) is 9.17. The molecular formula is C22H26N2O3. The van der Waals surface area contributed by atoms with Crippen LogP contribution in [0, 0.1) is 6.92 Å². The molecule has 0 radical (unpaired) electrons. The summed E-state index contributed by atoms with van der Waals surface area (Å²) in [5.41, 5.74) is 1.92. The number of aryl methyl sites for hydroxylation is 1. The van der Waals surface area contributed by atoms with Gasteiger partial charge in [0, 0.05) is 26.6 Å². The van der Waals surface area contributed by atoms with Crippen molar-refractivity contribution in [3.05, 3.63) is 59.7 Å². The molecule has 142 valence electrons. The largest absolute Gasteiger partial charge is 0.476 e. The Morgan fingerprint density at radius 2 is 1.85 bits per heavy atom. The van der Waals surface area contributed by atoms with Crippen LogP contribution in [0.3, 0.4) is 0 Å². The second-order valence-corrected chi connectivity index (χ2v) is 7.53. The molecule has 0 fully saturated rings. The van der Waals surface area contributed by atoms with Crippen LogP contribution in [0.15, 0.2) is 48.5 Å². The van der Waals surface area contributed by atoms with Crippen LogP contribution in [-0.2, 0) is 16.1 Å². The van der Waals surface area contributed by atoms with Crippen molar-refractivity contribution in [1.29, 1.82) is 0 Å². The monoisotopic (exact) mass is 366 g/mol. The van der Waals surface area contributed by atoms with Gasteiger partial charge in [-0.1, -0.05) is 36.4 Å². The smallest absolute Gasteiger partial charge is 0.270 e. The number of ether oxygens (including phenoxy) is 1. The van der Waals surface area contributed by atoms with Crippen molar-refractivity contribution in [3.8, 4) is 5.75 Å². The fourth-order valence-electron chi connectivity index (χ4n) is 3.24. The van der Waals surface area contributed by atoms with Gasteiger partial charge in [-0.05, 0) is 44.0 Å². The standard InChI is InChI=1S/C22H26N2O3/c1-16-10-11-19-18(14-16)24(21(26)22(2,3)27-19)13-12-20(25)23(4)15-17-8-6-5-7-9-17/h5-11,14H,12-13,15H2,1-4H3. The molecule has 0 aromatic heterocycles. The molecule has 2 amide bonds. The Hall–Kier alpha value is -2.82. The lowest BCUT2D eigenvalue weighted by molar-refractivity contribution is -0.133. The van der Waals surface area contributed by atoms with Gasteiger partial charge < -0.3 is 14.5 Å². The number of amides is 2. The molecule has 5 nitrogen and oxygen atoms in total. The molecule has 0 saturated heterocycles. The molecule has 0 saturated carbocycles. The third kappa shape index (κ3) is 4.13. The Morgan fingerprint density at radius 3 is 2.56 bits per heavy atom. The van der Waals surface area contributed by atoms with E-state index >= 15 is 0 Å². The number of carbonyl (C=O) groups excluding carboxylic acids is 2. The van der Waals surface area contributed by atoms with Crippen LogP contribution < -0.4 is 9.64 Å². The highest BCUT2D eigenvalue weighted by molar-refractivity contribution is 6.02. The van der Waals surface area contributed by atoms with E-state index in [0.29, 0.717) is 18.8 Å². The Kier molecular flexibility index (Phi) is 5.22. The van der Waals surface area contributed by atoms with Crippen molar-refractivity contribution in [3.63, 3.8) is 0 Å². The second kappa shape index (κ2) is 7.43. The van der Waals surface area contributed by atoms with Crippen LogP contribution in [0.2, 0.25) is 0 Å². The predicted molar refractivity (Wildman–Crippen MR) is 106 cm³/mol. The number of anilines is 1. The molecule has 1 aliphatic heterocycles. The van der Waals surface area contributed by atoms with E-state index in [-0.39, 0.29) is 18.2 Å². The molecule has 2 aromatic rings. The van der Waals surface area contributed by atoms with Crippen molar-refractivity contribution < 1.29 is 14.3 Å². The molecule has 0 bridgehead atoms. The van der Waals surface area contributed by atoms with E-state index in [1.54, 1.807) is 30.7 Å². The van der Waals surface area contributed by atoms with Gasteiger partial charge in [-0.15, -0.1) is 0 Å². The lowest BCUT2D eigenvalue weighted by atomic mass is 10.0. The zero-order chi connectivity index (χ0) is 19.6. The minimum atomic E-state index is -0.943. The number of benzene rings is 2. The summed E-state index contributed by atoms with van der Waals surface area (Å²) >= 11 is 0. The Morgan fingerprint density at radius 1 is 1.15 bits per heavy atom. The summed E-state index contributed by atoms with van der Waals surface area (Å²) in [5, 5.41) is 0. The van der Waals surface area contributed by atoms with Crippen LogP contribution in [-0.4, -0.2) is 35.9 Å². The molecule has 5 heteroatoms. The van der Waals surface area contributed by atoms with Crippen LogP contribution in [0.5, 0.6) is 5.75 Å². The lowest BCUT2D eigenvalue weighted by Crippen LogP contribution is -2.53. The molecule has 0 N–H and O–H groups in total. The number of carbonyl (C=O) groups is 2. The van der Waals surface area contributed by atoms with Gasteiger partial charge in [0.1, 0.15) is 5.75 Å². The highest BCUT2D eigenvalue weighted by atomic mass is 16.5. The zero-order valence-corrected chi connectivity index (χ0v) is 16.4. The average molecular weight is 366 g/mol. The minimum Gasteiger partial charge on any atom is -0.476 e. The fraction of sp³-hybridized carbons (Fsp3) is 0.364. The van der Waals surface area contributed by atoms with Gasteiger partial charge in [-0.2, -0.15) is 0 Å². The molecule has 0 spiro atoms. The predicted octanol–water partition coefficient (Wildman–Crippen LogP) is 3.55. The second-order valence-electron chi connectivity index (χ2n) is 7.53. The molecule has 27 heavy (non-hydrogen) atoms. The first kappa shape index (κ1) is 19.0. The SMILES string of the molecule is Cc1ccc2c(c1)N(CCC(=O)N(C)Cc1ccccc1)C(=O)C(C)(C)O2. The molecule has 0 aliphatic carbocycles. The van der Waals surface area contributed by atoms with Crippen molar-refractivity contribution >= 4 is 17.5 Å². The van der Waals surface area contributed by atoms with Gasteiger partial charge in [0.05, 0.1) is 5.69 Å². The first-order valence-electron chi connectivity index (χ1n) is 9.17. The summed E-state index contributed by atoms with van der Waals surface area (Å²) in [6.45, 7) is 6.38. The minimum absolute atomic E-state index is 0.00477. The third-order valence-corrected chi connectivity index (χ3v) is 4.77. The molecule has 1 heterocycles. The lowest BCUT2D eigenvalue weighted by Gasteiger charge is -2.39. The summed E-state index contributed by atoms with van der Waals surface area (Å²) in [7, 11) is 1.79. The van der Waals surface area contributed by atoms with E-state index < -0.39 is 5.60 Å². The molecule has 3 rings (SSSR count).